The number of nitrogens with zero attached hydrogens (tertiary/aromatic N) is 4. The van der Waals surface area contributed by atoms with Crippen LogP contribution >= 0.6 is 11.6 Å². The van der Waals surface area contributed by atoms with Gasteiger partial charge in [0.25, 0.3) is 0 Å². The number of halogens is 1. The standard InChI is InChI=1S/C62H89ClN6O16/c1-11-66(7)38-47-35-46-16-12-13-17-48(46)69(47)56(74)34-44(39-70)19-20-53(71)64-22-24-80-26-28-82-30-29-81-27-25-79-23-21-54(72)67(8)43(5)59(75)84-52-36-55(73)68(9)49-33-45(32-41(3)57(49)63)31-40(2)15-14-18-51(78-10)62(77)37-50(83-60(76)65-62)42(4)58-61(52,6)85-58/h12-18,32-33,35,42-44,50-52,58,70,77H,11,19-31,34,36-39H2,1-10H3,(H,64,71)(H,65,76)/b18-14+,40-15+/t42-,43+,44+,50+,51-,52+,58?,61+,62-/m1/s1. The number of aliphatic hydroxyl groups is 2. The molecule has 4 bridgehead atoms. The minimum atomic E-state index is -1.85. The highest BCUT2D eigenvalue weighted by Gasteiger charge is 2.64. The van der Waals surface area contributed by atoms with Gasteiger partial charge in [0.1, 0.15) is 30.0 Å². The van der Waals surface area contributed by atoms with Gasteiger partial charge in [-0.15, -0.1) is 0 Å². The van der Waals surface area contributed by atoms with Crippen LogP contribution in [0.2, 0.25) is 5.02 Å². The van der Waals surface area contributed by atoms with Crippen LogP contribution in [0.1, 0.15) is 94.8 Å². The molecule has 0 radical (unpaired) electrons. The number of alkyl carbamates (subject to hydrolysis) is 1. The van der Waals surface area contributed by atoms with E-state index in [1.165, 1.54) is 30.9 Å². The number of epoxide rings is 1. The first-order chi connectivity index (χ1) is 40.5. The summed E-state index contributed by atoms with van der Waals surface area (Å²) in [6.07, 6.45) is 1.44. The third kappa shape index (κ3) is 18.9. The molecule has 2 saturated heterocycles. The van der Waals surface area contributed by atoms with Crippen LogP contribution in [0.3, 0.4) is 0 Å². The molecule has 4 amide bonds. The number of aryl methyl sites for hydroxylation is 1. The normalized spacial score (nSPS) is 24.4. The minimum Gasteiger partial charge on any atom is -0.457 e. The van der Waals surface area contributed by atoms with Gasteiger partial charge in [0.2, 0.25) is 23.6 Å². The lowest BCUT2D eigenvalue weighted by Gasteiger charge is -2.42. The maximum atomic E-state index is 14.3. The molecule has 85 heavy (non-hydrogen) atoms. The van der Waals surface area contributed by atoms with Crippen molar-refractivity contribution in [2.24, 2.45) is 11.8 Å². The molecule has 6 rings (SSSR count). The van der Waals surface area contributed by atoms with Gasteiger partial charge in [0.05, 0.1) is 88.0 Å². The number of para-hydroxylation sites is 1. The Hall–Kier alpha value is -5.79. The molecule has 470 valence electrons. The van der Waals surface area contributed by atoms with Crippen molar-refractivity contribution in [3.05, 3.63) is 88.1 Å². The summed E-state index contributed by atoms with van der Waals surface area (Å²) in [4.78, 5) is 85.6. The molecule has 0 spiro atoms. The third-order valence-electron chi connectivity index (χ3n) is 16.2. The number of nitrogens with one attached hydrogen (secondary N) is 2. The number of carbonyl (C=O) groups excluding carboxylic acids is 6. The predicted octanol–water partition coefficient (Wildman–Crippen LogP) is 5.91. The topological polar surface area (TPSA) is 259 Å². The number of rotatable bonds is 28. The fourth-order valence-electron chi connectivity index (χ4n) is 10.6. The molecule has 0 saturated carbocycles. The number of carbonyl (C=O) groups is 6. The van der Waals surface area contributed by atoms with E-state index in [-0.39, 0.29) is 88.8 Å². The van der Waals surface area contributed by atoms with Gasteiger partial charge in [-0.1, -0.05) is 73.5 Å². The fraction of sp³-hybridized carbons (Fsp3) is 0.613. The summed E-state index contributed by atoms with van der Waals surface area (Å²) in [5.41, 5.74) is 1.67. The van der Waals surface area contributed by atoms with Crippen LogP contribution in [0.4, 0.5) is 10.5 Å². The lowest BCUT2D eigenvalue weighted by atomic mass is 9.83. The molecule has 2 aromatic carbocycles. The van der Waals surface area contributed by atoms with Crippen LogP contribution in [-0.2, 0) is 70.0 Å². The molecule has 3 aromatic rings. The zero-order valence-electron chi connectivity index (χ0n) is 51.0. The summed E-state index contributed by atoms with van der Waals surface area (Å²) >= 11 is 6.83. The second kappa shape index (κ2) is 32.3. The van der Waals surface area contributed by atoms with E-state index in [0.29, 0.717) is 63.1 Å². The van der Waals surface area contributed by atoms with Crippen LogP contribution in [0.15, 0.2) is 66.3 Å². The smallest absolute Gasteiger partial charge is 0.409 e. The van der Waals surface area contributed by atoms with Crippen molar-refractivity contribution in [3.63, 3.8) is 0 Å². The van der Waals surface area contributed by atoms with E-state index in [1.54, 1.807) is 37.6 Å². The van der Waals surface area contributed by atoms with E-state index in [9.17, 15) is 39.0 Å². The average molecular weight is 1210 g/mol. The van der Waals surface area contributed by atoms with Gasteiger partial charge >= 0.3 is 12.1 Å². The molecule has 4 N–H and O–H groups in total. The molecule has 0 aliphatic carbocycles. The Kier molecular flexibility index (Phi) is 25.9. The van der Waals surface area contributed by atoms with Crippen molar-refractivity contribution in [1.82, 2.24) is 25.0 Å². The van der Waals surface area contributed by atoms with Crippen molar-refractivity contribution >= 4 is 63.9 Å². The Labute approximate surface area is 504 Å². The maximum Gasteiger partial charge on any atom is 0.409 e. The first-order valence-corrected chi connectivity index (χ1v) is 29.7. The summed E-state index contributed by atoms with van der Waals surface area (Å²) in [5.74, 6) is -2.81. The molecule has 23 heteroatoms. The highest BCUT2D eigenvalue weighted by Crippen LogP contribution is 2.49. The second-order valence-corrected chi connectivity index (χ2v) is 23.0. The molecule has 22 nitrogen and oxygen atoms in total. The van der Waals surface area contributed by atoms with Crippen molar-refractivity contribution in [3.8, 4) is 0 Å². The summed E-state index contributed by atoms with van der Waals surface area (Å²) in [5, 5.41) is 28.6. The lowest BCUT2D eigenvalue weighted by Crippen LogP contribution is -2.63. The summed E-state index contributed by atoms with van der Waals surface area (Å²) in [7, 11) is 6.51. The van der Waals surface area contributed by atoms with E-state index < -0.39 is 65.7 Å². The SMILES string of the molecule is CCN(C)Cc1cc2ccccc2n1C(=O)C[C@@H](CO)CCC(=O)NCCOCCOCCOCCOCCC(=O)N(C)[C@@H](C)C(=O)O[C@H]1CC(=O)N(C)c2cc(cc(C)c2Cl)C/C(C)=C/C=C/[C@@H](OC)[C@]2(O)C[C@H](OC(=O)N2)[C@@H](C)C2O[C@]21C. The summed E-state index contributed by atoms with van der Waals surface area (Å²) < 4.78 is 48.0. The van der Waals surface area contributed by atoms with Crippen molar-refractivity contribution < 1.29 is 76.9 Å². The number of esters is 1. The van der Waals surface area contributed by atoms with Crippen LogP contribution < -0.4 is 15.5 Å². The van der Waals surface area contributed by atoms with Crippen molar-refractivity contribution in [2.75, 3.05) is 106 Å². The van der Waals surface area contributed by atoms with Crippen LogP contribution in [0.25, 0.3) is 10.9 Å². The highest BCUT2D eigenvalue weighted by atomic mass is 35.5. The maximum absolute atomic E-state index is 14.3. The molecule has 2 fully saturated rings. The van der Waals surface area contributed by atoms with E-state index in [0.717, 1.165) is 39.8 Å². The minimum absolute atomic E-state index is 0.0400. The monoisotopic (exact) mass is 1210 g/mol. The van der Waals surface area contributed by atoms with Gasteiger partial charge in [-0.3, -0.25) is 29.1 Å². The van der Waals surface area contributed by atoms with Gasteiger partial charge in [-0.05, 0) is 89.4 Å². The van der Waals surface area contributed by atoms with Crippen LogP contribution in [-0.4, -0.2) is 203 Å². The number of anilines is 1. The number of allylic oxidation sites excluding steroid dienone is 3. The number of aliphatic hydroxyl groups excluding tert-OH is 1. The van der Waals surface area contributed by atoms with Gasteiger partial charge in [0, 0.05) is 77.2 Å². The first-order valence-electron chi connectivity index (χ1n) is 29.3. The van der Waals surface area contributed by atoms with Crippen LogP contribution in [0, 0.1) is 18.8 Å². The van der Waals surface area contributed by atoms with E-state index in [1.807, 2.05) is 69.4 Å². The van der Waals surface area contributed by atoms with Crippen molar-refractivity contribution in [2.45, 2.75) is 135 Å². The molecule has 3 aliphatic heterocycles. The predicted molar refractivity (Wildman–Crippen MR) is 319 cm³/mol. The van der Waals surface area contributed by atoms with E-state index >= 15 is 0 Å². The number of amides is 4. The summed E-state index contributed by atoms with van der Waals surface area (Å²) in [6, 6.07) is 12.5. The number of benzene rings is 2. The number of aromatic nitrogens is 1. The zero-order valence-corrected chi connectivity index (χ0v) is 51.8. The number of methoxy groups -OCH3 is 1. The number of hydrogen-bond donors (Lipinski definition) is 4. The summed E-state index contributed by atoms with van der Waals surface area (Å²) in [6.45, 7) is 14.5. The average Bonchev–Trinajstić information content (AvgIpc) is 1.74. The second-order valence-electron chi connectivity index (χ2n) is 22.6. The molecule has 1 unspecified atom stereocenters. The number of ether oxygens (including phenoxy) is 8. The van der Waals surface area contributed by atoms with E-state index in [2.05, 4.69) is 22.5 Å². The first kappa shape index (κ1) is 68.3. The van der Waals surface area contributed by atoms with E-state index in [4.69, 9.17) is 49.5 Å². The molecule has 4 heterocycles. The van der Waals surface area contributed by atoms with Gasteiger partial charge in [-0.25, -0.2) is 9.59 Å². The largest absolute Gasteiger partial charge is 0.457 e. The van der Waals surface area contributed by atoms with Gasteiger partial charge in [0.15, 0.2) is 5.72 Å². The van der Waals surface area contributed by atoms with Gasteiger partial charge in [-0.2, -0.15) is 0 Å². The van der Waals surface area contributed by atoms with Gasteiger partial charge < -0.3 is 68.1 Å². The lowest BCUT2D eigenvalue weighted by molar-refractivity contribution is -0.162. The van der Waals surface area contributed by atoms with Crippen LogP contribution in [0.5, 0.6) is 0 Å². The Morgan fingerprint density at radius 2 is 1.64 bits per heavy atom. The third-order valence-corrected chi connectivity index (χ3v) is 16.7. The Morgan fingerprint density at radius 3 is 2.31 bits per heavy atom. The molecular weight excluding hydrogens is 1120 g/mol. The number of hydrogen-bond acceptors (Lipinski definition) is 17. The molecular formula is C62H89ClN6O16. The Morgan fingerprint density at radius 1 is 0.965 bits per heavy atom. The number of fused-ring (bicyclic) bond motifs is 6. The highest BCUT2D eigenvalue weighted by molar-refractivity contribution is 6.34. The Bertz CT molecular complexity index is 2830. The number of likely N-dealkylation sites (N-methyl/N-ethyl adjacent to an activating group) is 1. The molecule has 3 aliphatic rings. The Balaban J connectivity index is 0.879. The molecule has 9 atom stereocenters. The fourth-order valence-corrected chi connectivity index (χ4v) is 10.9. The van der Waals surface area contributed by atoms with Crippen molar-refractivity contribution in [1.29, 1.82) is 0 Å². The molecule has 1 aromatic heterocycles. The zero-order chi connectivity index (χ0) is 62.0. The quantitative estimate of drug-likeness (QED) is 0.0374.